The van der Waals surface area contributed by atoms with Gasteiger partial charge in [0.1, 0.15) is 0 Å². The van der Waals surface area contributed by atoms with E-state index in [1.165, 1.54) is 0 Å². The first-order valence-electron chi connectivity index (χ1n) is 4.19. The van der Waals surface area contributed by atoms with Crippen LogP contribution in [-0.4, -0.2) is 21.3 Å². The van der Waals surface area contributed by atoms with Crippen LogP contribution in [0.3, 0.4) is 0 Å². The van der Waals surface area contributed by atoms with Gasteiger partial charge in [-0.15, -0.1) is 0 Å². The van der Waals surface area contributed by atoms with Crippen LogP contribution in [0.25, 0.3) is 0 Å². The van der Waals surface area contributed by atoms with Gasteiger partial charge in [0, 0.05) is 17.7 Å². The number of fused-ring (bicyclic) bond motifs is 1. The summed E-state index contributed by atoms with van der Waals surface area (Å²) in [6.07, 6.45) is 1.55. The van der Waals surface area contributed by atoms with E-state index >= 15 is 0 Å². The van der Waals surface area contributed by atoms with Gasteiger partial charge < -0.3 is 10.2 Å². The lowest BCUT2D eigenvalue weighted by Crippen LogP contribution is -2.23. The highest BCUT2D eigenvalue weighted by atomic mass is 16.4. The molecule has 1 unspecified atom stereocenters. The molecule has 5 heteroatoms. The number of carbonyl (C=O) groups is 1. The molecule has 1 heterocycles. The van der Waals surface area contributed by atoms with Crippen molar-refractivity contribution in [1.29, 1.82) is 0 Å². The summed E-state index contributed by atoms with van der Waals surface area (Å²) in [6.45, 7) is 0. The van der Waals surface area contributed by atoms with Crippen molar-refractivity contribution in [2.45, 2.75) is 19.3 Å². The van der Waals surface area contributed by atoms with Gasteiger partial charge >= 0.3 is 5.97 Å². The van der Waals surface area contributed by atoms with E-state index in [1.807, 2.05) is 0 Å². The number of hydrogen-bond acceptors (Lipinski definition) is 2. The van der Waals surface area contributed by atoms with Gasteiger partial charge in [0.15, 0.2) is 0 Å². The molecule has 1 atom stereocenters. The lowest BCUT2D eigenvalue weighted by molar-refractivity contribution is -0.142. The van der Waals surface area contributed by atoms with E-state index in [4.69, 9.17) is 5.11 Å². The van der Waals surface area contributed by atoms with Crippen molar-refractivity contribution in [2.75, 3.05) is 0 Å². The molecule has 0 bridgehead atoms. The van der Waals surface area contributed by atoms with Crippen molar-refractivity contribution in [1.82, 2.24) is 10.2 Å². The summed E-state index contributed by atoms with van der Waals surface area (Å²) in [4.78, 5) is 21.8. The summed E-state index contributed by atoms with van der Waals surface area (Å²) in [5.74, 6) is -1.13. The zero-order chi connectivity index (χ0) is 9.42. The van der Waals surface area contributed by atoms with E-state index in [9.17, 15) is 9.59 Å². The fourth-order valence-electron chi connectivity index (χ4n) is 1.74. The third-order valence-corrected chi connectivity index (χ3v) is 2.51. The number of aliphatic carboxylic acids is 1. The average Bonchev–Trinajstić information content (AvgIpc) is 2.47. The average molecular weight is 182 g/mol. The van der Waals surface area contributed by atoms with Gasteiger partial charge in [-0.3, -0.25) is 14.7 Å². The highest BCUT2D eigenvalue weighted by Crippen LogP contribution is 2.21. The van der Waals surface area contributed by atoms with Gasteiger partial charge in [-0.25, -0.2) is 0 Å². The molecule has 1 aromatic heterocycles. The molecule has 0 aliphatic heterocycles. The minimum absolute atomic E-state index is 0.112. The fraction of sp³-hybridized carbons (Fsp3) is 0.500. The molecule has 1 aliphatic rings. The van der Waals surface area contributed by atoms with Crippen LogP contribution in [0, 0.1) is 5.92 Å². The number of nitrogens with one attached hydrogen (secondary N) is 2. The summed E-state index contributed by atoms with van der Waals surface area (Å²) in [6, 6.07) is 0. The smallest absolute Gasteiger partial charge is 0.306 e. The first-order chi connectivity index (χ1) is 6.18. The van der Waals surface area contributed by atoms with Crippen molar-refractivity contribution in [3.63, 3.8) is 0 Å². The van der Waals surface area contributed by atoms with Crippen LogP contribution in [0.2, 0.25) is 0 Å². The SMILES string of the molecule is O=C(O)C1CCc2c([nH][nH]c2=O)C1. The number of H-pyrrole nitrogens is 2. The van der Waals surface area contributed by atoms with E-state index in [2.05, 4.69) is 10.2 Å². The number of carboxylic acids is 1. The van der Waals surface area contributed by atoms with Crippen LogP contribution < -0.4 is 5.56 Å². The third kappa shape index (κ3) is 1.26. The Hall–Kier alpha value is -1.52. The normalized spacial score (nSPS) is 21.1. The predicted molar refractivity (Wildman–Crippen MR) is 44.6 cm³/mol. The maximum absolute atomic E-state index is 11.1. The van der Waals surface area contributed by atoms with Gasteiger partial charge in [-0.05, 0) is 12.8 Å². The molecule has 0 aromatic carbocycles. The number of hydrogen-bond donors (Lipinski definition) is 3. The van der Waals surface area contributed by atoms with Crippen LogP contribution in [0.1, 0.15) is 17.7 Å². The van der Waals surface area contributed by atoms with E-state index in [-0.39, 0.29) is 11.5 Å². The first-order valence-corrected chi connectivity index (χ1v) is 4.19. The minimum atomic E-state index is -0.785. The molecular formula is C8H10N2O3. The zero-order valence-corrected chi connectivity index (χ0v) is 6.96. The van der Waals surface area contributed by atoms with Gasteiger partial charge in [0.25, 0.3) is 5.56 Å². The Morgan fingerprint density at radius 2 is 2.23 bits per heavy atom. The fourth-order valence-corrected chi connectivity index (χ4v) is 1.74. The van der Waals surface area contributed by atoms with E-state index < -0.39 is 5.97 Å². The van der Waals surface area contributed by atoms with E-state index in [0.717, 1.165) is 11.3 Å². The molecule has 5 nitrogen and oxygen atoms in total. The van der Waals surface area contributed by atoms with Crippen LogP contribution in [0.15, 0.2) is 4.79 Å². The lowest BCUT2D eigenvalue weighted by atomic mass is 9.88. The second kappa shape index (κ2) is 2.76. The Morgan fingerprint density at radius 1 is 1.46 bits per heavy atom. The topological polar surface area (TPSA) is 85.9 Å². The highest BCUT2D eigenvalue weighted by Gasteiger charge is 2.26. The number of aromatic nitrogens is 2. The standard InChI is InChI=1S/C8H10N2O3/c11-7-5-2-1-4(8(12)13)3-6(5)9-10-7/h4H,1-3H2,(H,12,13)(H2,9,10,11). The molecule has 3 N–H and O–H groups in total. The molecule has 1 aromatic rings. The van der Waals surface area contributed by atoms with Crippen LogP contribution in [0.5, 0.6) is 0 Å². The molecule has 0 radical (unpaired) electrons. The minimum Gasteiger partial charge on any atom is -0.481 e. The number of aromatic amines is 2. The van der Waals surface area contributed by atoms with Gasteiger partial charge in [0.05, 0.1) is 5.92 Å². The Morgan fingerprint density at radius 3 is 2.92 bits per heavy atom. The van der Waals surface area contributed by atoms with Gasteiger partial charge in [-0.2, -0.15) is 0 Å². The van der Waals surface area contributed by atoms with Crippen molar-refractivity contribution in [2.24, 2.45) is 5.92 Å². The second-order valence-corrected chi connectivity index (χ2v) is 3.31. The lowest BCUT2D eigenvalue weighted by Gasteiger charge is -2.16. The molecular weight excluding hydrogens is 172 g/mol. The Kier molecular flexibility index (Phi) is 1.72. The van der Waals surface area contributed by atoms with E-state index in [1.54, 1.807) is 0 Å². The molecule has 0 saturated heterocycles. The van der Waals surface area contributed by atoms with Crippen LogP contribution in [0.4, 0.5) is 0 Å². The molecule has 0 fully saturated rings. The second-order valence-electron chi connectivity index (χ2n) is 3.31. The summed E-state index contributed by atoms with van der Waals surface area (Å²) < 4.78 is 0. The Balaban J connectivity index is 2.30. The number of carboxylic acid groups (broad SMARTS) is 1. The summed E-state index contributed by atoms with van der Waals surface area (Å²) in [5.41, 5.74) is 1.36. The van der Waals surface area contributed by atoms with Gasteiger partial charge in [0.2, 0.25) is 0 Å². The summed E-state index contributed by atoms with van der Waals surface area (Å²) in [5, 5.41) is 13.9. The monoisotopic (exact) mass is 182 g/mol. The maximum atomic E-state index is 11.1. The van der Waals surface area contributed by atoms with Gasteiger partial charge in [-0.1, -0.05) is 0 Å². The zero-order valence-electron chi connectivity index (χ0n) is 6.96. The summed E-state index contributed by atoms with van der Waals surface area (Å²) in [7, 11) is 0. The largest absolute Gasteiger partial charge is 0.481 e. The van der Waals surface area contributed by atoms with Crippen LogP contribution in [-0.2, 0) is 17.6 Å². The van der Waals surface area contributed by atoms with E-state index in [0.29, 0.717) is 19.3 Å². The Bertz CT molecular complexity index is 390. The first kappa shape index (κ1) is 8.10. The molecule has 2 rings (SSSR count). The molecule has 0 amide bonds. The molecule has 0 saturated carbocycles. The van der Waals surface area contributed by atoms with Crippen molar-refractivity contribution in [3.8, 4) is 0 Å². The predicted octanol–water partition coefficient (Wildman–Crippen LogP) is -0.108. The maximum Gasteiger partial charge on any atom is 0.306 e. The van der Waals surface area contributed by atoms with Crippen molar-refractivity contribution in [3.05, 3.63) is 21.6 Å². The quantitative estimate of drug-likeness (QED) is 0.566. The Labute approximate surface area is 73.8 Å². The highest BCUT2D eigenvalue weighted by molar-refractivity contribution is 5.70. The molecule has 1 aliphatic carbocycles. The molecule has 70 valence electrons. The third-order valence-electron chi connectivity index (χ3n) is 2.51. The van der Waals surface area contributed by atoms with Crippen molar-refractivity contribution >= 4 is 5.97 Å². The van der Waals surface area contributed by atoms with Crippen molar-refractivity contribution < 1.29 is 9.90 Å². The summed E-state index contributed by atoms with van der Waals surface area (Å²) >= 11 is 0. The molecule has 0 spiro atoms. The van der Waals surface area contributed by atoms with Crippen LogP contribution >= 0.6 is 0 Å². The molecule has 13 heavy (non-hydrogen) atoms. The number of rotatable bonds is 1.